The fraction of sp³-hybridized carbons (Fsp3) is 0.160. The Morgan fingerprint density at radius 1 is 1.17 bits per heavy atom. The van der Waals surface area contributed by atoms with E-state index < -0.39 is 10.8 Å². The van der Waals surface area contributed by atoms with Crippen LogP contribution in [0.4, 0.5) is 11.4 Å². The summed E-state index contributed by atoms with van der Waals surface area (Å²) in [4.78, 5) is 27.5. The number of rotatable bonds is 6. The van der Waals surface area contributed by atoms with Crippen molar-refractivity contribution in [2.75, 3.05) is 5.32 Å². The summed E-state index contributed by atoms with van der Waals surface area (Å²) in [6.07, 6.45) is 1.05. The lowest BCUT2D eigenvalue weighted by molar-refractivity contribution is -0.384. The van der Waals surface area contributed by atoms with Crippen LogP contribution >= 0.6 is 23.8 Å². The number of anilines is 1. The van der Waals surface area contributed by atoms with E-state index in [1.165, 1.54) is 17.7 Å². The van der Waals surface area contributed by atoms with Crippen LogP contribution < -0.4 is 10.6 Å². The first-order valence-electron chi connectivity index (χ1n) is 10.8. The van der Waals surface area contributed by atoms with Gasteiger partial charge < -0.3 is 9.73 Å². The predicted octanol–water partition coefficient (Wildman–Crippen LogP) is 6.70. The van der Waals surface area contributed by atoms with Gasteiger partial charge in [-0.15, -0.1) is 0 Å². The summed E-state index contributed by atoms with van der Waals surface area (Å²) in [6.45, 7) is 4.33. The van der Waals surface area contributed by atoms with Crippen molar-refractivity contribution < 1.29 is 14.1 Å². The van der Waals surface area contributed by atoms with Gasteiger partial charge in [-0.2, -0.15) is 0 Å². The Morgan fingerprint density at radius 3 is 2.60 bits per heavy atom. The van der Waals surface area contributed by atoms with Crippen LogP contribution in [0.15, 0.2) is 65.1 Å². The van der Waals surface area contributed by atoms with Crippen LogP contribution in [0.3, 0.4) is 0 Å². The molecule has 1 atom stereocenters. The third-order valence-electron chi connectivity index (χ3n) is 5.62. The third-order valence-corrected chi connectivity index (χ3v) is 6.15. The second-order valence-corrected chi connectivity index (χ2v) is 8.78. The maximum Gasteiger partial charge on any atom is 0.270 e. The van der Waals surface area contributed by atoms with Gasteiger partial charge in [-0.25, -0.2) is 4.98 Å². The molecule has 35 heavy (non-hydrogen) atoms. The van der Waals surface area contributed by atoms with Gasteiger partial charge >= 0.3 is 0 Å². The van der Waals surface area contributed by atoms with Gasteiger partial charge in [0.05, 0.1) is 15.5 Å². The predicted molar refractivity (Wildman–Crippen MR) is 140 cm³/mol. The summed E-state index contributed by atoms with van der Waals surface area (Å²) >= 11 is 11.2. The van der Waals surface area contributed by atoms with Crippen molar-refractivity contribution in [1.29, 1.82) is 0 Å². The number of non-ortho nitro benzene ring substituents is 1. The number of carbonyl (C=O) groups excluding carboxylic acids is 1. The fourth-order valence-electron chi connectivity index (χ4n) is 3.44. The van der Waals surface area contributed by atoms with Gasteiger partial charge in [-0.1, -0.05) is 31.5 Å². The smallest absolute Gasteiger partial charge is 0.270 e. The topological polar surface area (TPSA) is 110 Å². The van der Waals surface area contributed by atoms with E-state index in [1.54, 1.807) is 12.1 Å². The van der Waals surface area contributed by atoms with Gasteiger partial charge in [0.15, 0.2) is 10.7 Å². The van der Waals surface area contributed by atoms with Crippen molar-refractivity contribution in [3.63, 3.8) is 0 Å². The first-order chi connectivity index (χ1) is 16.7. The van der Waals surface area contributed by atoms with Crippen LogP contribution in [0.25, 0.3) is 22.6 Å². The molecule has 0 saturated carbocycles. The molecule has 0 aliphatic carbocycles. The van der Waals surface area contributed by atoms with Crippen molar-refractivity contribution in [1.82, 2.24) is 10.3 Å². The number of halogens is 1. The highest BCUT2D eigenvalue weighted by molar-refractivity contribution is 7.80. The number of carbonyl (C=O) groups is 1. The second kappa shape index (κ2) is 10.2. The summed E-state index contributed by atoms with van der Waals surface area (Å²) < 4.78 is 5.91. The normalized spacial score (nSPS) is 11.7. The highest BCUT2D eigenvalue weighted by atomic mass is 35.5. The number of nitro groups is 1. The molecule has 4 aromatic rings. The molecule has 1 amide bonds. The first-order valence-corrected chi connectivity index (χ1v) is 11.6. The number of oxazole rings is 1. The monoisotopic (exact) mass is 508 g/mol. The molecule has 0 aliphatic rings. The van der Waals surface area contributed by atoms with E-state index in [9.17, 15) is 14.9 Å². The first kappa shape index (κ1) is 24.3. The Kier molecular flexibility index (Phi) is 7.09. The van der Waals surface area contributed by atoms with Gasteiger partial charge in [0.1, 0.15) is 5.52 Å². The number of hydrogen-bond donors (Lipinski definition) is 2. The zero-order chi connectivity index (χ0) is 25.1. The maximum absolute atomic E-state index is 12.5. The standard InChI is InChI=1S/C25H21ClN4O4S/c1-3-14(2)16-6-11-22-21(12-16)28-24(34-22)15-4-7-17(8-5-15)27-25(35)29-23(31)19-13-18(30(32)33)9-10-20(19)26/h4-14H,3H2,1-2H3,(H2,27,29,31,35). The summed E-state index contributed by atoms with van der Waals surface area (Å²) in [6, 6.07) is 16.9. The molecule has 0 spiro atoms. The fourth-order valence-corrected chi connectivity index (χ4v) is 3.85. The quantitative estimate of drug-likeness (QED) is 0.169. The number of fused-ring (bicyclic) bond motifs is 1. The zero-order valence-corrected chi connectivity index (χ0v) is 20.4. The van der Waals surface area contributed by atoms with Crippen molar-refractivity contribution in [2.45, 2.75) is 26.2 Å². The summed E-state index contributed by atoms with van der Waals surface area (Å²) in [5.74, 6) is 0.294. The van der Waals surface area contributed by atoms with Crippen LogP contribution in [0.2, 0.25) is 5.02 Å². The van der Waals surface area contributed by atoms with Crippen molar-refractivity contribution >= 4 is 57.3 Å². The Hall–Kier alpha value is -3.82. The Morgan fingerprint density at radius 2 is 1.91 bits per heavy atom. The largest absolute Gasteiger partial charge is 0.436 e. The molecular weight excluding hydrogens is 488 g/mol. The van der Waals surface area contributed by atoms with E-state index in [2.05, 4.69) is 41.6 Å². The molecule has 0 radical (unpaired) electrons. The van der Waals surface area contributed by atoms with E-state index in [4.69, 9.17) is 28.2 Å². The lowest BCUT2D eigenvalue weighted by Gasteiger charge is -2.10. The Labute approximate surface area is 211 Å². The molecule has 0 fully saturated rings. The molecule has 3 aromatic carbocycles. The molecular formula is C25H21ClN4O4S. The van der Waals surface area contributed by atoms with Crippen LogP contribution in [0.1, 0.15) is 42.1 Å². The third kappa shape index (κ3) is 5.47. The van der Waals surface area contributed by atoms with Gasteiger partial charge in [0.2, 0.25) is 5.89 Å². The molecule has 2 N–H and O–H groups in total. The van der Waals surface area contributed by atoms with Crippen LogP contribution in [-0.4, -0.2) is 20.9 Å². The van der Waals surface area contributed by atoms with Gasteiger partial charge in [0, 0.05) is 23.4 Å². The van der Waals surface area contributed by atoms with Crippen LogP contribution in [0.5, 0.6) is 0 Å². The Balaban J connectivity index is 1.44. The molecule has 0 saturated heterocycles. The molecule has 4 rings (SSSR count). The molecule has 1 unspecified atom stereocenters. The number of aromatic nitrogens is 1. The van der Waals surface area contributed by atoms with E-state index >= 15 is 0 Å². The number of thiocarbonyl (C=S) groups is 1. The lowest BCUT2D eigenvalue weighted by Crippen LogP contribution is -2.34. The van der Waals surface area contributed by atoms with Crippen molar-refractivity contribution in [2.24, 2.45) is 0 Å². The molecule has 10 heteroatoms. The number of benzene rings is 3. The number of nitrogens with one attached hydrogen (secondary N) is 2. The summed E-state index contributed by atoms with van der Waals surface area (Å²) in [7, 11) is 0. The molecule has 1 aromatic heterocycles. The molecule has 178 valence electrons. The zero-order valence-electron chi connectivity index (χ0n) is 18.9. The SMILES string of the molecule is CCC(C)c1ccc2oc(-c3ccc(NC(=S)NC(=O)c4cc([N+](=O)[O-])ccc4Cl)cc3)nc2c1. The lowest BCUT2D eigenvalue weighted by atomic mass is 9.98. The van der Waals surface area contributed by atoms with E-state index in [1.807, 2.05) is 18.2 Å². The average molecular weight is 509 g/mol. The second-order valence-electron chi connectivity index (χ2n) is 7.96. The number of nitrogens with zero attached hydrogens (tertiary/aromatic N) is 2. The van der Waals surface area contributed by atoms with E-state index in [0.717, 1.165) is 29.2 Å². The minimum Gasteiger partial charge on any atom is -0.436 e. The maximum atomic E-state index is 12.5. The Bertz CT molecular complexity index is 1440. The van der Waals surface area contributed by atoms with Crippen LogP contribution in [0, 0.1) is 10.1 Å². The molecule has 1 heterocycles. The molecule has 8 nitrogen and oxygen atoms in total. The van der Waals surface area contributed by atoms with Crippen molar-refractivity contribution in [3.8, 4) is 11.5 Å². The number of amides is 1. The van der Waals surface area contributed by atoms with Gasteiger partial charge in [0.25, 0.3) is 11.6 Å². The number of nitro benzene ring substituents is 1. The van der Waals surface area contributed by atoms with E-state index in [0.29, 0.717) is 17.5 Å². The molecule has 0 bridgehead atoms. The highest BCUT2D eigenvalue weighted by Gasteiger charge is 2.17. The van der Waals surface area contributed by atoms with E-state index in [-0.39, 0.29) is 21.4 Å². The van der Waals surface area contributed by atoms with Crippen LogP contribution in [-0.2, 0) is 0 Å². The summed E-state index contributed by atoms with van der Waals surface area (Å²) in [5, 5.41) is 16.4. The summed E-state index contributed by atoms with van der Waals surface area (Å²) in [5.41, 5.74) is 3.87. The van der Waals surface area contributed by atoms with Gasteiger partial charge in [-0.3, -0.25) is 20.2 Å². The minimum absolute atomic E-state index is 0.0183. The molecule has 0 aliphatic heterocycles. The average Bonchev–Trinajstić information content (AvgIpc) is 3.27. The minimum atomic E-state index is -0.656. The highest BCUT2D eigenvalue weighted by Crippen LogP contribution is 2.28. The number of hydrogen-bond acceptors (Lipinski definition) is 6. The van der Waals surface area contributed by atoms with Gasteiger partial charge in [-0.05, 0) is 72.6 Å². The van der Waals surface area contributed by atoms with Crippen molar-refractivity contribution in [3.05, 3.63) is 86.9 Å².